The molecule has 3 aromatic heterocycles. The molecule has 0 amide bonds. The van der Waals surface area contributed by atoms with Gasteiger partial charge in [-0.2, -0.15) is 0 Å². The van der Waals surface area contributed by atoms with Crippen LogP contribution in [0.3, 0.4) is 0 Å². The van der Waals surface area contributed by atoms with Crippen LogP contribution in [0.15, 0.2) is 97.8 Å². The highest BCUT2D eigenvalue weighted by Crippen LogP contribution is 2.18. The number of aromatic nitrogens is 5. The van der Waals surface area contributed by atoms with Crippen LogP contribution in [-0.2, 0) is 0 Å². The van der Waals surface area contributed by atoms with Crippen molar-refractivity contribution in [1.29, 1.82) is 0 Å². The number of hydrogen-bond donors (Lipinski definition) is 0. The Morgan fingerprint density at radius 1 is 0.815 bits per heavy atom. The zero-order chi connectivity index (χ0) is 18.5. The summed E-state index contributed by atoms with van der Waals surface area (Å²) < 4.78 is 3.89. The van der Waals surface area contributed by atoms with Crippen molar-refractivity contribution in [3.8, 4) is 11.4 Å². The van der Waals surface area contributed by atoms with Crippen LogP contribution in [0.25, 0.3) is 22.3 Å². The Hall–Kier alpha value is -3.73. The zero-order valence-electron chi connectivity index (χ0n) is 15.0. The molecule has 3 heterocycles. The van der Waals surface area contributed by atoms with Gasteiger partial charge in [-0.1, -0.05) is 54.6 Å². The van der Waals surface area contributed by atoms with Gasteiger partial charge in [-0.3, -0.25) is 4.98 Å². The number of para-hydroxylation sites is 1. The predicted octanol–water partition coefficient (Wildman–Crippen LogP) is 4.60. The van der Waals surface area contributed by atoms with E-state index in [-0.39, 0.29) is 0 Å². The Morgan fingerprint density at radius 3 is 2.37 bits per heavy atom. The van der Waals surface area contributed by atoms with Gasteiger partial charge < -0.3 is 0 Å². The van der Waals surface area contributed by atoms with E-state index in [2.05, 4.69) is 39.2 Å². The summed E-state index contributed by atoms with van der Waals surface area (Å²) in [7, 11) is 0. The Labute approximate surface area is 157 Å². The van der Waals surface area contributed by atoms with Crippen LogP contribution in [-0.4, -0.2) is 24.3 Å². The van der Waals surface area contributed by atoms with E-state index in [1.165, 1.54) is 5.39 Å². The average molecular weight is 353 g/mol. The minimum absolute atomic E-state index is 0.918. The van der Waals surface area contributed by atoms with Gasteiger partial charge >= 0.3 is 0 Å². The van der Waals surface area contributed by atoms with Gasteiger partial charge in [-0.25, -0.2) is 19.3 Å². The lowest BCUT2D eigenvalue weighted by Crippen LogP contribution is -2.06. The van der Waals surface area contributed by atoms with E-state index in [1.54, 1.807) is 12.5 Å². The first-order chi connectivity index (χ1) is 13.3. The van der Waals surface area contributed by atoms with Gasteiger partial charge in [0.05, 0.1) is 17.4 Å². The fourth-order valence-corrected chi connectivity index (χ4v) is 2.84. The van der Waals surface area contributed by atoms with Crippen molar-refractivity contribution in [2.45, 2.75) is 6.92 Å². The van der Waals surface area contributed by atoms with Gasteiger partial charge in [-0.15, -0.1) is 0 Å². The van der Waals surface area contributed by atoms with Crippen LogP contribution < -0.4 is 0 Å². The van der Waals surface area contributed by atoms with Gasteiger partial charge in [0.2, 0.25) is 0 Å². The van der Waals surface area contributed by atoms with Gasteiger partial charge in [0, 0.05) is 29.5 Å². The molecule has 0 bridgehead atoms. The fourth-order valence-electron chi connectivity index (χ4n) is 2.84. The molecule has 0 saturated heterocycles. The first kappa shape index (κ1) is 16.7. The second kappa shape index (κ2) is 7.66. The first-order valence-electron chi connectivity index (χ1n) is 8.71. The molecule has 27 heavy (non-hydrogen) atoms. The second-order valence-electron chi connectivity index (χ2n) is 6.06. The molecule has 5 nitrogen and oxygen atoms in total. The monoisotopic (exact) mass is 353 g/mol. The lowest BCUT2D eigenvalue weighted by molar-refractivity contribution is 0.664. The first-order valence-corrected chi connectivity index (χ1v) is 8.71. The molecule has 5 heteroatoms. The maximum absolute atomic E-state index is 4.55. The lowest BCUT2D eigenvalue weighted by Gasteiger charge is -2.07. The maximum Gasteiger partial charge on any atom is 0.159 e. The molecule has 0 fully saturated rings. The summed E-state index contributed by atoms with van der Waals surface area (Å²) >= 11 is 0. The fraction of sp³-hybridized carbons (Fsp3) is 0.0455. The molecule has 2 aromatic carbocycles. The second-order valence-corrected chi connectivity index (χ2v) is 6.06. The Balaban J connectivity index is 0.000000153. The van der Waals surface area contributed by atoms with Gasteiger partial charge in [0.15, 0.2) is 5.82 Å². The normalized spacial score (nSPS) is 10.4. The van der Waals surface area contributed by atoms with E-state index >= 15 is 0 Å². The Bertz CT molecular complexity index is 1060. The minimum atomic E-state index is 0.918. The number of aryl methyl sites for hydroxylation is 1. The van der Waals surface area contributed by atoms with E-state index < -0.39 is 0 Å². The van der Waals surface area contributed by atoms with Crippen molar-refractivity contribution in [2.24, 2.45) is 0 Å². The smallest absolute Gasteiger partial charge is 0.159 e. The molecule has 5 rings (SSSR count). The number of benzene rings is 2. The summed E-state index contributed by atoms with van der Waals surface area (Å²) in [4.78, 5) is 12.8. The largest absolute Gasteiger partial charge is 0.256 e. The summed E-state index contributed by atoms with van der Waals surface area (Å²) in [5, 5.41) is 1.20. The molecule has 0 saturated carbocycles. The highest BCUT2D eigenvalue weighted by atomic mass is 15.5. The Kier molecular flexibility index (Phi) is 4.74. The number of imidazole rings is 2. The van der Waals surface area contributed by atoms with E-state index in [0.29, 0.717) is 0 Å². The minimum Gasteiger partial charge on any atom is -0.256 e. The molecular formula is C22H19N5. The Morgan fingerprint density at radius 2 is 1.59 bits per heavy atom. The average Bonchev–Trinajstić information content (AvgIpc) is 3.39. The molecule has 0 spiro atoms. The number of hydrogen-bond acceptors (Lipinski definition) is 3. The number of rotatable bonds is 2. The third-order valence-corrected chi connectivity index (χ3v) is 4.09. The molecule has 0 aliphatic carbocycles. The highest BCUT2D eigenvalue weighted by molar-refractivity contribution is 5.77. The molecule has 0 aliphatic heterocycles. The summed E-state index contributed by atoms with van der Waals surface area (Å²) in [5.41, 5.74) is 3.14. The predicted molar refractivity (Wildman–Crippen MR) is 107 cm³/mol. The quantitative estimate of drug-likeness (QED) is 0.466. The number of fused-ring (bicyclic) bond motifs is 1. The van der Waals surface area contributed by atoms with Crippen LogP contribution in [0.5, 0.6) is 0 Å². The lowest BCUT2D eigenvalue weighted by atomic mass is 10.2. The van der Waals surface area contributed by atoms with Crippen molar-refractivity contribution >= 4 is 10.9 Å². The zero-order valence-corrected chi connectivity index (χ0v) is 15.0. The third kappa shape index (κ3) is 3.77. The van der Waals surface area contributed by atoms with Crippen LogP contribution in [0.2, 0.25) is 0 Å². The van der Waals surface area contributed by atoms with E-state index in [9.17, 15) is 0 Å². The van der Waals surface area contributed by atoms with Crippen LogP contribution in [0.4, 0.5) is 0 Å². The van der Waals surface area contributed by atoms with E-state index in [1.807, 2.05) is 77.3 Å². The number of nitrogens with zero attached hydrogens (tertiary/aromatic N) is 5. The number of pyridine rings is 1. The molecule has 0 atom stereocenters. The van der Waals surface area contributed by atoms with E-state index in [4.69, 9.17) is 0 Å². The van der Waals surface area contributed by atoms with Crippen molar-refractivity contribution in [2.75, 3.05) is 0 Å². The molecule has 5 aromatic rings. The SMILES string of the molecule is Cc1cn(-n2ccnc2)c(-c2ccccc2)n1.c1ccc2ncccc2c1. The molecule has 0 radical (unpaired) electrons. The highest BCUT2D eigenvalue weighted by Gasteiger charge is 2.08. The van der Waals surface area contributed by atoms with Gasteiger partial charge in [-0.05, 0) is 19.1 Å². The topological polar surface area (TPSA) is 48.5 Å². The van der Waals surface area contributed by atoms with Crippen LogP contribution in [0, 0.1) is 6.92 Å². The van der Waals surface area contributed by atoms with Gasteiger partial charge in [0.1, 0.15) is 6.33 Å². The molecule has 132 valence electrons. The molecule has 0 aliphatic rings. The third-order valence-electron chi connectivity index (χ3n) is 4.09. The molecule has 0 unspecified atom stereocenters. The molecule has 0 N–H and O–H groups in total. The van der Waals surface area contributed by atoms with Gasteiger partial charge in [0.25, 0.3) is 0 Å². The van der Waals surface area contributed by atoms with Crippen molar-refractivity contribution in [1.82, 2.24) is 24.3 Å². The maximum atomic E-state index is 4.55. The summed E-state index contributed by atoms with van der Waals surface area (Å²) in [5.74, 6) is 0.918. The summed E-state index contributed by atoms with van der Waals surface area (Å²) in [6.07, 6.45) is 9.21. The van der Waals surface area contributed by atoms with Crippen molar-refractivity contribution < 1.29 is 0 Å². The van der Waals surface area contributed by atoms with Crippen molar-refractivity contribution in [3.05, 3.63) is 104 Å². The molecular weight excluding hydrogens is 334 g/mol. The van der Waals surface area contributed by atoms with E-state index in [0.717, 1.165) is 22.6 Å². The summed E-state index contributed by atoms with van der Waals surface area (Å²) in [6.45, 7) is 1.99. The van der Waals surface area contributed by atoms with Crippen LogP contribution in [0.1, 0.15) is 5.69 Å². The van der Waals surface area contributed by atoms with Crippen molar-refractivity contribution in [3.63, 3.8) is 0 Å². The standard InChI is InChI=1S/C13H12N4.C9H7N/c1-11-9-17(16-8-7-14-10-16)13(15-11)12-5-3-2-4-6-12;1-2-6-9-8(4-1)5-3-7-10-9/h2-10H,1H3;1-7H. The summed E-state index contributed by atoms with van der Waals surface area (Å²) in [6, 6.07) is 22.2. The van der Waals surface area contributed by atoms with Crippen LogP contribution >= 0.6 is 0 Å².